The fourth-order valence-electron chi connectivity index (χ4n) is 2.59. The molecule has 0 radical (unpaired) electrons. The molecular weight excluding hydrogens is 364 g/mol. The Balaban J connectivity index is 1.63. The van der Waals surface area contributed by atoms with Crippen molar-refractivity contribution in [2.45, 2.75) is 6.42 Å². The van der Waals surface area contributed by atoms with Crippen LogP contribution in [0.2, 0.25) is 0 Å². The molecule has 1 amide bonds. The van der Waals surface area contributed by atoms with Crippen molar-refractivity contribution in [1.29, 1.82) is 0 Å². The van der Waals surface area contributed by atoms with Crippen molar-refractivity contribution >= 4 is 23.1 Å². The van der Waals surface area contributed by atoms with E-state index in [1.54, 1.807) is 20.4 Å². The smallest absolute Gasteiger partial charge is 0.265 e. The number of anilines is 1. The number of rotatable bonds is 7. The number of carbonyl (C=O) groups is 1. The molecule has 0 unspecified atom stereocenters. The predicted molar refractivity (Wildman–Crippen MR) is 105 cm³/mol. The molecule has 3 N–H and O–H groups in total. The summed E-state index contributed by atoms with van der Waals surface area (Å²) in [7, 11) is 3.19. The second-order valence-corrected chi connectivity index (χ2v) is 6.46. The second kappa shape index (κ2) is 8.50. The van der Waals surface area contributed by atoms with Gasteiger partial charge in [-0.1, -0.05) is 12.1 Å². The zero-order chi connectivity index (χ0) is 19.2. The number of ether oxygens (including phenoxy) is 2. The Morgan fingerprint density at radius 3 is 2.70 bits per heavy atom. The maximum atomic E-state index is 12.4. The molecule has 3 aromatic rings. The third-order valence-electron chi connectivity index (χ3n) is 3.99. The molecule has 0 saturated heterocycles. The van der Waals surface area contributed by atoms with Crippen LogP contribution in [0, 0.1) is 0 Å². The van der Waals surface area contributed by atoms with Crippen LogP contribution in [0.1, 0.15) is 15.2 Å². The Bertz CT molecular complexity index is 928. The minimum atomic E-state index is -0.243. The molecule has 0 atom stereocenters. The Morgan fingerprint density at radius 1 is 1.19 bits per heavy atom. The van der Waals surface area contributed by atoms with Gasteiger partial charge in [0.1, 0.15) is 10.6 Å². The van der Waals surface area contributed by atoms with Gasteiger partial charge in [0.05, 0.1) is 25.6 Å². The highest BCUT2D eigenvalue weighted by atomic mass is 32.1. The van der Waals surface area contributed by atoms with E-state index >= 15 is 0 Å². The molecule has 0 spiro atoms. The van der Waals surface area contributed by atoms with E-state index in [1.807, 2.05) is 36.4 Å². The summed E-state index contributed by atoms with van der Waals surface area (Å²) in [6.45, 7) is 0.463. The fourth-order valence-corrected chi connectivity index (χ4v) is 3.31. The van der Waals surface area contributed by atoms with Crippen LogP contribution in [0.25, 0.3) is 11.4 Å². The molecule has 1 aromatic carbocycles. The maximum Gasteiger partial charge on any atom is 0.265 e. The van der Waals surface area contributed by atoms with Gasteiger partial charge in [0.15, 0.2) is 11.5 Å². The van der Waals surface area contributed by atoms with Gasteiger partial charge < -0.3 is 20.5 Å². The number of nitrogens with two attached hydrogens (primary N) is 1. The average molecular weight is 384 g/mol. The van der Waals surface area contributed by atoms with E-state index in [4.69, 9.17) is 15.2 Å². The number of hydrogen-bond donors (Lipinski definition) is 2. The molecule has 0 bridgehead atoms. The summed E-state index contributed by atoms with van der Waals surface area (Å²) < 4.78 is 14.8. The molecule has 0 fully saturated rings. The topological polar surface area (TPSA) is 99.4 Å². The summed E-state index contributed by atoms with van der Waals surface area (Å²) in [5.41, 5.74) is 8.66. The highest BCUT2D eigenvalue weighted by molar-refractivity contribution is 7.09. The van der Waals surface area contributed by atoms with Crippen LogP contribution < -0.4 is 20.5 Å². The fraction of sp³-hybridized carbons (Fsp3) is 0.211. The predicted octanol–water partition coefficient (Wildman–Crippen LogP) is 2.78. The quantitative estimate of drug-likeness (QED) is 0.650. The zero-order valence-electron chi connectivity index (χ0n) is 15.1. The van der Waals surface area contributed by atoms with Crippen LogP contribution in [0.15, 0.2) is 42.6 Å². The van der Waals surface area contributed by atoms with E-state index in [0.717, 1.165) is 17.1 Å². The number of methoxy groups -OCH3 is 2. The van der Waals surface area contributed by atoms with Gasteiger partial charge in [-0.15, -0.1) is 0 Å². The zero-order valence-corrected chi connectivity index (χ0v) is 15.9. The minimum Gasteiger partial charge on any atom is -0.493 e. The SMILES string of the molecule is COc1ccc(CCNC(=O)c2snc(-c3ccccn3)c2N)cc1OC. The van der Waals surface area contributed by atoms with Crippen LogP contribution in [0.3, 0.4) is 0 Å². The van der Waals surface area contributed by atoms with E-state index in [2.05, 4.69) is 14.7 Å². The standard InChI is InChI=1S/C19H20N4O3S/c1-25-14-7-6-12(11-15(14)26-2)8-10-22-19(24)18-16(20)17(23-27-18)13-5-3-4-9-21-13/h3-7,9,11H,8,10,20H2,1-2H3,(H,22,24). The third-order valence-corrected chi connectivity index (χ3v) is 4.85. The first-order valence-corrected chi connectivity index (χ1v) is 9.07. The molecule has 0 aliphatic rings. The Kier molecular flexibility index (Phi) is 5.87. The Hall–Kier alpha value is -3.13. The Labute approximate surface area is 161 Å². The monoisotopic (exact) mass is 384 g/mol. The number of carbonyl (C=O) groups excluding carboxylic acids is 1. The number of amides is 1. The second-order valence-electron chi connectivity index (χ2n) is 5.68. The first-order chi connectivity index (χ1) is 13.1. The van der Waals surface area contributed by atoms with E-state index in [9.17, 15) is 4.79 Å². The number of aromatic nitrogens is 2. The van der Waals surface area contributed by atoms with Gasteiger partial charge >= 0.3 is 0 Å². The van der Waals surface area contributed by atoms with Crippen LogP contribution in [-0.2, 0) is 6.42 Å². The van der Waals surface area contributed by atoms with Gasteiger partial charge in [-0.25, -0.2) is 0 Å². The van der Waals surface area contributed by atoms with E-state index in [0.29, 0.717) is 46.4 Å². The van der Waals surface area contributed by atoms with Crippen molar-refractivity contribution in [3.8, 4) is 22.9 Å². The molecule has 2 aromatic heterocycles. The summed E-state index contributed by atoms with van der Waals surface area (Å²) in [6, 6.07) is 11.2. The molecule has 140 valence electrons. The summed E-state index contributed by atoms with van der Waals surface area (Å²) in [6.07, 6.45) is 2.31. The van der Waals surface area contributed by atoms with Crippen molar-refractivity contribution in [2.75, 3.05) is 26.5 Å². The number of pyridine rings is 1. The summed E-state index contributed by atoms with van der Waals surface area (Å²) >= 11 is 1.07. The molecule has 7 nitrogen and oxygen atoms in total. The summed E-state index contributed by atoms with van der Waals surface area (Å²) in [5, 5.41) is 2.88. The van der Waals surface area contributed by atoms with Crippen molar-refractivity contribution < 1.29 is 14.3 Å². The highest BCUT2D eigenvalue weighted by Gasteiger charge is 2.19. The molecule has 8 heteroatoms. The molecule has 2 heterocycles. The van der Waals surface area contributed by atoms with Crippen molar-refractivity contribution in [1.82, 2.24) is 14.7 Å². The van der Waals surface area contributed by atoms with Gasteiger partial charge in [-0.3, -0.25) is 9.78 Å². The van der Waals surface area contributed by atoms with Crippen LogP contribution in [-0.4, -0.2) is 36.0 Å². The molecular formula is C19H20N4O3S. The minimum absolute atomic E-state index is 0.243. The number of nitrogen functional groups attached to an aromatic ring is 1. The van der Waals surface area contributed by atoms with Crippen LogP contribution in [0.5, 0.6) is 11.5 Å². The normalized spacial score (nSPS) is 10.4. The van der Waals surface area contributed by atoms with Crippen LogP contribution in [0.4, 0.5) is 5.69 Å². The lowest BCUT2D eigenvalue weighted by molar-refractivity contribution is 0.0959. The first kappa shape index (κ1) is 18.7. The number of nitrogens with one attached hydrogen (secondary N) is 1. The van der Waals surface area contributed by atoms with E-state index in [-0.39, 0.29) is 5.91 Å². The summed E-state index contributed by atoms with van der Waals surface area (Å²) in [4.78, 5) is 17.1. The first-order valence-electron chi connectivity index (χ1n) is 8.29. The number of hydrogen-bond acceptors (Lipinski definition) is 7. The Morgan fingerprint density at radius 2 is 2.00 bits per heavy atom. The number of benzene rings is 1. The maximum absolute atomic E-state index is 12.4. The van der Waals surface area contributed by atoms with Gasteiger partial charge in [0, 0.05) is 12.7 Å². The highest BCUT2D eigenvalue weighted by Crippen LogP contribution is 2.29. The van der Waals surface area contributed by atoms with Crippen molar-refractivity contribution in [3.63, 3.8) is 0 Å². The lowest BCUT2D eigenvalue weighted by Gasteiger charge is -2.10. The molecule has 0 aliphatic carbocycles. The van der Waals surface area contributed by atoms with Gasteiger partial charge in [-0.05, 0) is 47.8 Å². The van der Waals surface area contributed by atoms with Crippen molar-refractivity contribution in [2.24, 2.45) is 0 Å². The van der Waals surface area contributed by atoms with Crippen molar-refractivity contribution in [3.05, 3.63) is 53.0 Å². The van der Waals surface area contributed by atoms with Crippen LogP contribution >= 0.6 is 11.5 Å². The van der Waals surface area contributed by atoms with Gasteiger partial charge in [0.2, 0.25) is 0 Å². The van der Waals surface area contributed by atoms with Gasteiger partial charge in [0.25, 0.3) is 5.91 Å². The molecule has 0 aliphatic heterocycles. The molecule has 3 rings (SSSR count). The van der Waals surface area contributed by atoms with E-state index in [1.165, 1.54) is 0 Å². The lowest BCUT2D eigenvalue weighted by Crippen LogP contribution is -2.25. The van der Waals surface area contributed by atoms with Gasteiger partial charge in [-0.2, -0.15) is 4.37 Å². The summed E-state index contributed by atoms with van der Waals surface area (Å²) in [5.74, 6) is 1.09. The average Bonchev–Trinajstić information content (AvgIpc) is 3.09. The molecule has 0 saturated carbocycles. The number of nitrogens with zero attached hydrogens (tertiary/aromatic N) is 2. The van der Waals surface area contributed by atoms with E-state index < -0.39 is 0 Å². The largest absolute Gasteiger partial charge is 0.493 e. The third kappa shape index (κ3) is 4.17. The molecule has 27 heavy (non-hydrogen) atoms. The lowest BCUT2D eigenvalue weighted by atomic mass is 10.1.